The van der Waals surface area contributed by atoms with Crippen molar-refractivity contribution in [2.24, 2.45) is 11.0 Å². The number of benzene rings is 1. The van der Waals surface area contributed by atoms with Crippen LogP contribution in [0.5, 0.6) is 5.75 Å². The van der Waals surface area contributed by atoms with Crippen LogP contribution < -0.4 is 15.3 Å². The molecule has 0 bridgehead atoms. The monoisotopic (exact) mass is 329 g/mol. The summed E-state index contributed by atoms with van der Waals surface area (Å²) >= 11 is 0. The Morgan fingerprint density at radius 3 is 2.83 bits per heavy atom. The topological polar surface area (TPSA) is 100 Å². The summed E-state index contributed by atoms with van der Waals surface area (Å²) in [6, 6.07) is 4.95. The van der Waals surface area contributed by atoms with Crippen molar-refractivity contribution in [3.8, 4) is 5.75 Å². The van der Waals surface area contributed by atoms with Crippen molar-refractivity contribution in [3.63, 3.8) is 0 Å². The number of para-hydroxylation sites is 1. The van der Waals surface area contributed by atoms with Gasteiger partial charge < -0.3 is 20.4 Å². The summed E-state index contributed by atoms with van der Waals surface area (Å²) < 4.78 is 5.60. The molecule has 0 aromatic heterocycles. The number of allylic oxidation sites excluding steroid dienone is 1. The number of carboxylic acids is 1. The van der Waals surface area contributed by atoms with E-state index in [1.54, 1.807) is 6.07 Å². The fourth-order valence-corrected chi connectivity index (χ4v) is 3.34. The van der Waals surface area contributed by atoms with Crippen LogP contribution in [0.2, 0.25) is 0 Å². The van der Waals surface area contributed by atoms with E-state index in [2.05, 4.69) is 22.3 Å². The number of hydrogen-bond acceptors (Lipinski definition) is 6. The van der Waals surface area contributed by atoms with Crippen molar-refractivity contribution in [1.29, 1.82) is 0 Å². The Balaban J connectivity index is 1.77. The molecule has 24 heavy (non-hydrogen) atoms. The maximum absolute atomic E-state index is 11.3. The fraction of sp³-hybridized carbons (Fsp3) is 0.438. The minimum absolute atomic E-state index is 0.0526. The first-order valence-electron chi connectivity index (χ1n) is 8.10. The van der Waals surface area contributed by atoms with E-state index in [9.17, 15) is 14.8 Å². The quantitative estimate of drug-likeness (QED) is 0.560. The smallest absolute Gasteiger partial charge is 0.536 e. The zero-order valence-electron chi connectivity index (χ0n) is 13.3. The van der Waals surface area contributed by atoms with E-state index in [0.717, 1.165) is 37.2 Å². The van der Waals surface area contributed by atoms with Crippen LogP contribution in [0.1, 0.15) is 28.8 Å². The number of carbonyl (C=O) groups is 1. The van der Waals surface area contributed by atoms with Gasteiger partial charge in [0.25, 0.3) is 0 Å². The second-order valence-corrected chi connectivity index (χ2v) is 6.22. The van der Waals surface area contributed by atoms with Gasteiger partial charge in [-0.1, -0.05) is 23.8 Å². The van der Waals surface area contributed by atoms with Crippen molar-refractivity contribution in [3.05, 3.63) is 46.5 Å². The van der Waals surface area contributed by atoms with Gasteiger partial charge >= 0.3 is 13.0 Å². The third-order valence-corrected chi connectivity index (χ3v) is 4.66. The molecule has 7 nitrogen and oxygen atoms in total. The number of fused-ring (bicyclic) bond motifs is 1. The van der Waals surface area contributed by atoms with E-state index in [-0.39, 0.29) is 17.3 Å². The van der Waals surface area contributed by atoms with Crippen LogP contribution in [-0.4, -0.2) is 37.2 Å². The number of piperidine rings is 1. The summed E-state index contributed by atoms with van der Waals surface area (Å²) in [7, 11) is -0.975. The summed E-state index contributed by atoms with van der Waals surface area (Å²) in [6.07, 6.45) is 2.47. The number of rotatable bonds is 5. The third-order valence-electron chi connectivity index (χ3n) is 4.66. The number of carboxylic acid groups (broad SMARTS) is 1. The van der Waals surface area contributed by atoms with Gasteiger partial charge in [-0.2, -0.15) is 4.91 Å². The number of nitrogens with one attached hydrogen (secondary N) is 2. The summed E-state index contributed by atoms with van der Waals surface area (Å²) in [5, 5.41) is 18.9. The molecule has 1 fully saturated rings. The Morgan fingerprint density at radius 2 is 2.17 bits per heavy atom. The average molecular weight is 329 g/mol. The SMILES string of the molecule is C=C(NC1Cc2cccc(C(=O)O)c2OB1N=O)C1CCNCC1. The molecule has 1 atom stereocenters. The first kappa shape index (κ1) is 16.5. The standard InChI is InChI=1S/C16H20BN3O4/c1-10(11-5-7-18-8-6-11)19-14-9-12-3-2-4-13(16(21)22)15(12)24-17(14)20-23/h2-4,11,14,18-19H,1,5-9H2,(H,21,22). The van der Waals surface area contributed by atoms with Crippen LogP contribution >= 0.6 is 0 Å². The number of hydrogen-bond donors (Lipinski definition) is 3. The zero-order valence-corrected chi connectivity index (χ0v) is 13.3. The third kappa shape index (κ3) is 3.28. The molecule has 0 spiro atoms. The molecule has 2 aliphatic heterocycles. The van der Waals surface area contributed by atoms with Gasteiger partial charge in [0.15, 0.2) is 0 Å². The first-order valence-corrected chi connectivity index (χ1v) is 8.10. The van der Waals surface area contributed by atoms with Crippen LogP contribution in [-0.2, 0) is 6.42 Å². The molecule has 0 radical (unpaired) electrons. The highest BCUT2D eigenvalue weighted by atomic mass is 16.5. The summed E-state index contributed by atoms with van der Waals surface area (Å²) in [6.45, 7) is 6.01. The van der Waals surface area contributed by atoms with E-state index >= 15 is 0 Å². The van der Waals surface area contributed by atoms with Crippen LogP contribution in [0.4, 0.5) is 0 Å². The number of aromatic carboxylic acids is 1. The van der Waals surface area contributed by atoms with Crippen LogP contribution in [0, 0.1) is 10.8 Å². The molecule has 2 heterocycles. The predicted molar refractivity (Wildman–Crippen MR) is 90.9 cm³/mol. The fourth-order valence-electron chi connectivity index (χ4n) is 3.34. The Kier molecular flexibility index (Phi) is 4.85. The van der Waals surface area contributed by atoms with Crippen molar-refractivity contribution in [1.82, 2.24) is 10.6 Å². The highest BCUT2D eigenvalue weighted by molar-refractivity contribution is 6.53. The molecular weight excluding hydrogens is 309 g/mol. The molecule has 126 valence electrons. The Bertz CT molecular complexity index is 661. The van der Waals surface area contributed by atoms with Gasteiger partial charge in [0.05, 0.1) is 11.5 Å². The molecule has 0 saturated carbocycles. The second-order valence-electron chi connectivity index (χ2n) is 6.22. The lowest BCUT2D eigenvalue weighted by atomic mass is 9.68. The Labute approximate surface area is 140 Å². The molecule has 3 N–H and O–H groups in total. The molecular formula is C16H20BN3O4. The Morgan fingerprint density at radius 1 is 1.42 bits per heavy atom. The average Bonchev–Trinajstić information content (AvgIpc) is 2.61. The van der Waals surface area contributed by atoms with Crippen molar-refractivity contribution >= 4 is 13.0 Å². The lowest BCUT2D eigenvalue weighted by Crippen LogP contribution is -2.50. The number of nitrogens with zero attached hydrogens (tertiary/aromatic N) is 1. The van der Waals surface area contributed by atoms with Crippen molar-refractivity contribution < 1.29 is 14.6 Å². The van der Waals surface area contributed by atoms with Gasteiger partial charge in [-0.05, 0) is 44.0 Å². The molecule has 1 aromatic carbocycles. The normalized spacial score (nSPS) is 20.7. The molecule has 3 rings (SSSR count). The van der Waals surface area contributed by atoms with Gasteiger partial charge in [0.2, 0.25) is 0 Å². The minimum Gasteiger partial charge on any atom is -0.536 e. The lowest BCUT2D eigenvalue weighted by Gasteiger charge is -2.32. The predicted octanol–water partition coefficient (Wildman–Crippen LogP) is 1.58. The summed E-state index contributed by atoms with van der Waals surface area (Å²) in [5.74, 6) is -0.839. The minimum atomic E-state index is -1.08. The molecule has 1 saturated heterocycles. The van der Waals surface area contributed by atoms with E-state index in [4.69, 9.17) is 4.65 Å². The molecule has 0 aliphatic carbocycles. The lowest BCUT2D eigenvalue weighted by molar-refractivity contribution is 0.0694. The van der Waals surface area contributed by atoms with Gasteiger partial charge in [-0.3, -0.25) is 0 Å². The van der Waals surface area contributed by atoms with Crippen LogP contribution in [0.15, 0.2) is 35.6 Å². The second kappa shape index (κ2) is 7.04. The van der Waals surface area contributed by atoms with Gasteiger partial charge in [0.1, 0.15) is 5.75 Å². The van der Waals surface area contributed by atoms with Gasteiger partial charge in [0, 0.05) is 11.6 Å². The van der Waals surface area contributed by atoms with E-state index in [0.29, 0.717) is 12.3 Å². The maximum atomic E-state index is 11.3. The van der Waals surface area contributed by atoms with Crippen LogP contribution in [0.3, 0.4) is 0 Å². The largest absolute Gasteiger partial charge is 0.570 e. The van der Waals surface area contributed by atoms with E-state index < -0.39 is 13.0 Å². The highest BCUT2D eigenvalue weighted by Crippen LogP contribution is 2.31. The number of nitroso groups, excluding NO2 is 1. The van der Waals surface area contributed by atoms with E-state index in [1.807, 2.05) is 6.07 Å². The summed E-state index contributed by atoms with van der Waals surface area (Å²) in [5.41, 5.74) is 1.69. The molecule has 2 aliphatic rings. The molecule has 1 aromatic rings. The molecule has 8 heteroatoms. The summed E-state index contributed by atoms with van der Waals surface area (Å²) in [4.78, 5) is 22.5. The van der Waals surface area contributed by atoms with Gasteiger partial charge in [-0.15, -0.1) is 0 Å². The first-order chi connectivity index (χ1) is 11.6. The zero-order chi connectivity index (χ0) is 17.1. The van der Waals surface area contributed by atoms with Crippen LogP contribution in [0.25, 0.3) is 0 Å². The van der Waals surface area contributed by atoms with E-state index in [1.165, 1.54) is 6.07 Å². The Hall–Kier alpha value is -2.35. The molecule has 0 amide bonds. The highest BCUT2D eigenvalue weighted by Gasteiger charge is 2.40. The molecule has 1 unspecified atom stereocenters. The maximum Gasteiger partial charge on any atom is 0.570 e. The van der Waals surface area contributed by atoms with Crippen molar-refractivity contribution in [2.45, 2.75) is 25.2 Å². The van der Waals surface area contributed by atoms with Crippen molar-refractivity contribution in [2.75, 3.05) is 13.1 Å². The van der Waals surface area contributed by atoms with Gasteiger partial charge in [-0.25, -0.2) is 4.79 Å².